The molecule has 0 spiro atoms. The molecule has 0 amide bonds. The largest absolute Gasteiger partial charge is 0.441 e. The third-order valence-corrected chi connectivity index (χ3v) is 3.26. The van der Waals surface area contributed by atoms with E-state index in [4.69, 9.17) is 4.42 Å². The Hall–Kier alpha value is -2.21. The van der Waals surface area contributed by atoms with Gasteiger partial charge in [-0.3, -0.25) is 4.98 Å². The Morgan fingerprint density at radius 2 is 2.19 bits per heavy atom. The van der Waals surface area contributed by atoms with Gasteiger partial charge in [-0.05, 0) is 13.0 Å². The van der Waals surface area contributed by atoms with Crippen molar-refractivity contribution >= 4 is 5.52 Å². The molecule has 0 aliphatic heterocycles. The molecule has 0 radical (unpaired) electrons. The molecular weight excluding hydrogens is 266 g/mol. The van der Waals surface area contributed by atoms with Crippen LogP contribution in [0.25, 0.3) is 16.8 Å². The van der Waals surface area contributed by atoms with Crippen molar-refractivity contribution in [2.24, 2.45) is 0 Å². The Morgan fingerprint density at radius 3 is 3.05 bits per heavy atom. The summed E-state index contributed by atoms with van der Waals surface area (Å²) in [6.07, 6.45) is 10.7. The first-order chi connectivity index (χ1) is 10.2. The van der Waals surface area contributed by atoms with E-state index < -0.39 is 0 Å². The third-order valence-electron chi connectivity index (χ3n) is 3.26. The van der Waals surface area contributed by atoms with Gasteiger partial charge < -0.3 is 9.73 Å². The van der Waals surface area contributed by atoms with Crippen LogP contribution in [0.1, 0.15) is 26.2 Å². The molecule has 6 heteroatoms. The Labute approximate surface area is 123 Å². The van der Waals surface area contributed by atoms with E-state index >= 15 is 0 Å². The maximum Gasteiger partial charge on any atom is 0.194 e. The lowest BCUT2D eigenvalue weighted by Crippen LogP contribution is -2.23. The third kappa shape index (κ3) is 3.11. The fourth-order valence-electron chi connectivity index (χ4n) is 2.20. The molecule has 110 valence electrons. The van der Waals surface area contributed by atoms with Crippen molar-refractivity contribution in [3.8, 4) is 11.3 Å². The Kier molecular flexibility index (Phi) is 3.96. The van der Waals surface area contributed by atoms with Gasteiger partial charge in [-0.15, -0.1) is 0 Å². The SMILES string of the molecule is CC(C)NCCCc1ncc(-c2cnn3ccncc23)o1. The normalized spacial score (nSPS) is 11.6. The number of aryl methyl sites for hydroxylation is 1. The van der Waals surface area contributed by atoms with Crippen LogP contribution in [0.15, 0.2) is 35.4 Å². The van der Waals surface area contributed by atoms with E-state index in [-0.39, 0.29) is 0 Å². The Bertz CT molecular complexity index is 716. The average Bonchev–Trinajstić information content (AvgIpc) is 3.09. The van der Waals surface area contributed by atoms with Crippen LogP contribution in [-0.2, 0) is 6.42 Å². The first kappa shape index (κ1) is 13.8. The second-order valence-corrected chi connectivity index (χ2v) is 5.29. The van der Waals surface area contributed by atoms with Gasteiger partial charge in [0, 0.05) is 24.9 Å². The van der Waals surface area contributed by atoms with Crippen LogP contribution < -0.4 is 5.32 Å². The predicted octanol–water partition coefficient (Wildman–Crippen LogP) is 2.31. The van der Waals surface area contributed by atoms with Crippen LogP contribution in [0.3, 0.4) is 0 Å². The quantitative estimate of drug-likeness (QED) is 0.704. The maximum atomic E-state index is 5.82. The van der Waals surface area contributed by atoms with Crippen LogP contribution in [0.5, 0.6) is 0 Å². The summed E-state index contributed by atoms with van der Waals surface area (Å²) in [5.41, 5.74) is 1.84. The summed E-state index contributed by atoms with van der Waals surface area (Å²) in [5, 5.41) is 7.66. The molecule has 0 saturated carbocycles. The summed E-state index contributed by atoms with van der Waals surface area (Å²) in [7, 11) is 0. The number of fused-ring (bicyclic) bond motifs is 1. The molecular formula is C15H19N5O. The summed E-state index contributed by atoms with van der Waals surface area (Å²) < 4.78 is 7.60. The zero-order valence-electron chi connectivity index (χ0n) is 12.3. The summed E-state index contributed by atoms with van der Waals surface area (Å²) in [4.78, 5) is 8.47. The van der Waals surface area contributed by atoms with E-state index in [1.54, 1.807) is 29.3 Å². The Morgan fingerprint density at radius 1 is 1.29 bits per heavy atom. The fraction of sp³-hybridized carbons (Fsp3) is 0.400. The van der Waals surface area contributed by atoms with Gasteiger partial charge >= 0.3 is 0 Å². The van der Waals surface area contributed by atoms with Gasteiger partial charge in [0.2, 0.25) is 0 Å². The van der Waals surface area contributed by atoms with E-state index in [9.17, 15) is 0 Å². The first-order valence-electron chi connectivity index (χ1n) is 7.20. The molecule has 0 atom stereocenters. The van der Waals surface area contributed by atoms with E-state index in [1.807, 2.05) is 6.20 Å². The van der Waals surface area contributed by atoms with Crippen LogP contribution in [0.4, 0.5) is 0 Å². The smallest absolute Gasteiger partial charge is 0.194 e. The standard InChI is InChI=1S/C15H19N5O/c1-11(2)17-5-3-4-15-18-10-14(21-15)12-8-19-20-7-6-16-9-13(12)20/h6-11,17H,3-5H2,1-2H3. The monoisotopic (exact) mass is 285 g/mol. The first-order valence-corrected chi connectivity index (χ1v) is 7.20. The summed E-state index contributed by atoms with van der Waals surface area (Å²) in [5.74, 6) is 1.50. The lowest BCUT2D eigenvalue weighted by atomic mass is 10.2. The minimum Gasteiger partial charge on any atom is -0.441 e. The van der Waals surface area contributed by atoms with Gasteiger partial charge in [0.25, 0.3) is 0 Å². The van der Waals surface area contributed by atoms with Crippen molar-refractivity contribution < 1.29 is 4.42 Å². The molecule has 0 saturated heterocycles. The van der Waals surface area contributed by atoms with E-state index in [0.29, 0.717) is 6.04 Å². The highest BCUT2D eigenvalue weighted by Crippen LogP contribution is 2.24. The summed E-state index contributed by atoms with van der Waals surface area (Å²) >= 11 is 0. The molecule has 3 rings (SSSR count). The molecule has 0 bridgehead atoms. The molecule has 3 aromatic rings. The lowest BCUT2D eigenvalue weighted by Gasteiger charge is -2.05. The maximum absolute atomic E-state index is 5.82. The number of rotatable bonds is 6. The minimum atomic E-state index is 0.511. The van der Waals surface area contributed by atoms with Crippen molar-refractivity contribution in [1.82, 2.24) is 24.9 Å². The summed E-state index contributed by atoms with van der Waals surface area (Å²) in [6, 6.07) is 0.511. The molecule has 0 aliphatic rings. The fourth-order valence-corrected chi connectivity index (χ4v) is 2.20. The number of oxazole rings is 1. The van der Waals surface area contributed by atoms with E-state index in [0.717, 1.165) is 42.1 Å². The van der Waals surface area contributed by atoms with E-state index in [2.05, 4.69) is 34.2 Å². The Balaban J connectivity index is 1.70. The second kappa shape index (κ2) is 6.05. The van der Waals surface area contributed by atoms with Gasteiger partial charge in [0.05, 0.1) is 29.7 Å². The molecule has 0 unspecified atom stereocenters. The molecule has 21 heavy (non-hydrogen) atoms. The summed E-state index contributed by atoms with van der Waals surface area (Å²) in [6.45, 7) is 5.25. The second-order valence-electron chi connectivity index (χ2n) is 5.29. The van der Waals surface area contributed by atoms with Crippen molar-refractivity contribution in [2.45, 2.75) is 32.7 Å². The van der Waals surface area contributed by atoms with Crippen LogP contribution in [-0.4, -0.2) is 32.2 Å². The topological polar surface area (TPSA) is 68.2 Å². The molecule has 1 N–H and O–H groups in total. The average molecular weight is 285 g/mol. The molecule has 0 aliphatic carbocycles. The highest BCUT2D eigenvalue weighted by atomic mass is 16.4. The van der Waals surface area contributed by atoms with Crippen molar-refractivity contribution in [3.05, 3.63) is 36.9 Å². The zero-order chi connectivity index (χ0) is 14.7. The van der Waals surface area contributed by atoms with Gasteiger partial charge in [-0.1, -0.05) is 13.8 Å². The number of nitrogens with one attached hydrogen (secondary N) is 1. The highest BCUT2D eigenvalue weighted by Gasteiger charge is 2.11. The molecule has 0 fully saturated rings. The molecule has 3 aromatic heterocycles. The van der Waals surface area contributed by atoms with Crippen LogP contribution in [0.2, 0.25) is 0 Å². The van der Waals surface area contributed by atoms with Gasteiger partial charge in [0.1, 0.15) is 0 Å². The highest BCUT2D eigenvalue weighted by molar-refractivity contribution is 5.75. The number of aromatic nitrogens is 4. The number of hydrogen-bond acceptors (Lipinski definition) is 5. The van der Waals surface area contributed by atoms with E-state index in [1.165, 1.54) is 0 Å². The molecule has 6 nitrogen and oxygen atoms in total. The van der Waals surface area contributed by atoms with Gasteiger partial charge in [-0.2, -0.15) is 5.10 Å². The van der Waals surface area contributed by atoms with Crippen LogP contribution >= 0.6 is 0 Å². The van der Waals surface area contributed by atoms with Gasteiger partial charge in [0.15, 0.2) is 11.7 Å². The molecule has 0 aromatic carbocycles. The van der Waals surface area contributed by atoms with Crippen molar-refractivity contribution in [3.63, 3.8) is 0 Å². The van der Waals surface area contributed by atoms with Crippen LogP contribution in [0, 0.1) is 0 Å². The minimum absolute atomic E-state index is 0.511. The number of nitrogens with zero attached hydrogens (tertiary/aromatic N) is 4. The zero-order valence-corrected chi connectivity index (χ0v) is 12.3. The lowest BCUT2D eigenvalue weighted by molar-refractivity contribution is 0.484. The van der Waals surface area contributed by atoms with Crippen molar-refractivity contribution in [1.29, 1.82) is 0 Å². The van der Waals surface area contributed by atoms with Gasteiger partial charge in [-0.25, -0.2) is 9.50 Å². The van der Waals surface area contributed by atoms with Crippen molar-refractivity contribution in [2.75, 3.05) is 6.54 Å². The predicted molar refractivity (Wildman–Crippen MR) is 79.9 cm³/mol. The molecule has 3 heterocycles. The number of hydrogen-bond donors (Lipinski definition) is 1.